The first-order chi connectivity index (χ1) is 16.0. The molecule has 1 aromatic carbocycles. The summed E-state index contributed by atoms with van der Waals surface area (Å²) in [5, 5.41) is 7.47. The van der Waals surface area contributed by atoms with Crippen molar-refractivity contribution in [2.45, 2.75) is 44.3 Å². The van der Waals surface area contributed by atoms with Crippen molar-refractivity contribution in [3.8, 4) is 0 Å². The van der Waals surface area contributed by atoms with Gasteiger partial charge in [-0.25, -0.2) is 14.8 Å². The third kappa shape index (κ3) is 6.26. The monoisotopic (exact) mass is 493 g/mol. The second kappa shape index (κ2) is 11.3. The molecule has 3 heterocycles. The van der Waals surface area contributed by atoms with Crippen LogP contribution in [0.3, 0.4) is 0 Å². The molecule has 0 aliphatic carbocycles. The number of hydrogen-bond donors (Lipinski definition) is 2. The van der Waals surface area contributed by atoms with Crippen molar-refractivity contribution in [1.82, 2.24) is 20.2 Å². The van der Waals surface area contributed by atoms with Gasteiger partial charge in [0.2, 0.25) is 5.95 Å². The summed E-state index contributed by atoms with van der Waals surface area (Å²) in [7, 11) is 1.64. The first kappa shape index (κ1) is 24.0. The number of nitrogens with one attached hydrogen (secondary N) is 2. The van der Waals surface area contributed by atoms with Crippen LogP contribution in [0.1, 0.15) is 42.1 Å². The first-order valence-electron chi connectivity index (χ1n) is 11.2. The minimum absolute atomic E-state index is 0.148. The highest BCUT2D eigenvalue weighted by Crippen LogP contribution is 2.28. The van der Waals surface area contributed by atoms with Crippen LogP contribution in [0.25, 0.3) is 0 Å². The molecule has 2 aliphatic rings. The summed E-state index contributed by atoms with van der Waals surface area (Å²) in [4.78, 5) is 24.1. The molecule has 178 valence electrons. The molecular formula is C23H29Cl2N5O3. The maximum absolute atomic E-state index is 13.2. The highest BCUT2D eigenvalue weighted by Gasteiger charge is 2.25. The number of nitrogens with zero attached hydrogens (tertiary/aromatic N) is 3. The van der Waals surface area contributed by atoms with Crippen molar-refractivity contribution in [2.75, 3.05) is 38.8 Å². The number of carbonyl (C=O) groups is 1. The van der Waals surface area contributed by atoms with Crippen LogP contribution in [0.4, 0.5) is 10.7 Å². The predicted octanol–water partition coefficient (Wildman–Crippen LogP) is 4.22. The van der Waals surface area contributed by atoms with E-state index in [0.29, 0.717) is 48.2 Å². The van der Waals surface area contributed by atoms with E-state index < -0.39 is 0 Å². The fourth-order valence-corrected chi connectivity index (χ4v) is 4.40. The molecule has 8 nitrogen and oxygen atoms in total. The Morgan fingerprint density at radius 3 is 2.88 bits per heavy atom. The van der Waals surface area contributed by atoms with Crippen molar-refractivity contribution >= 4 is 35.2 Å². The second-order valence-corrected chi connectivity index (χ2v) is 9.14. The summed E-state index contributed by atoms with van der Waals surface area (Å²) in [6.07, 6.45) is 5.08. The molecule has 0 bridgehead atoms. The van der Waals surface area contributed by atoms with Crippen molar-refractivity contribution < 1.29 is 14.3 Å². The first-order valence-corrected chi connectivity index (χ1v) is 12.0. The molecule has 1 atom stereocenters. The van der Waals surface area contributed by atoms with E-state index in [1.807, 2.05) is 12.3 Å². The standard InChI is InChI=1S/C23H29Cl2N5O3/c1-32-9-7-20(15-2-3-18(24)19(25)12-15)29-23(31)30-8-4-16-13-26-22(28-21(16)14-30)27-17-5-10-33-11-6-17/h2-3,12-13,17,20H,4-11,14H2,1H3,(H,29,31)(H,26,27,28)/t20-/m1/s1. The molecule has 2 amide bonds. The Morgan fingerprint density at radius 2 is 2.12 bits per heavy atom. The molecule has 2 aliphatic heterocycles. The summed E-state index contributed by atoms with van der Waals surface area (Å²) in [6, 6.07) is 5.33. The molecule has 33 heavy (non-hydrogen) atoms. The fourth-order valence-electron chi connectivity index (χ4n) is 4.10. The normalized spacial score (nSPS) is 17.4. The van der Waals surface area contributed by atoms with Crippen LogP contribution in [0.15, 0.2) is 24.4 Å². The van der Waals surface area contributed by atoms with Gasteiger partial charge in [-0.05, 0) is 48.9 Å². The molecule has 2 N–H and O–H groups in total. The van der Waals surface area contributed by atoms with E-state index in [9.17, 15) is 4.79 Å². The topological polar surface area (TPSA) is 88.6 Å². The van der Waals surface area contributed by atoms with Gasteiger partial charge in [-0.2, -0.15) is 0 Å². The Labute approximate surface area is 204 Å². The summed E-state index contributed by atoms with van der Waals surface area (Å²) < 4.78 is 10.7. The molecule has 0 radical (unpaired) electrons. The van der Waals surface area contributed by atoms with Crippen molar-refractivity contribution in [3.05, 3.63) is 51.3 Å². The zero-order valence-electron chi connectivity index (χ0n) is 18.7. The van der Waals surface area contributed by atoms with Gasteiger partial charge in [0.05, 0.1) is 28.3 Å². The van der Waals surface area contributed by atoms with Crippen LogP contribution >= 0.6 is 23.2 Å². The Kier molecular flexibility index (Phi) is 8.25. The number of amides is 2. The lowest BCUT2D eigenvalue weighted by Crippen LogP contribution is -2.44. The van der Waals surface area contributed by atoms with Gasteiger partial charge in [0.25, 0.3) is 0 Å². The number of hydrogen-bond acceptors (Lipinski definition) is 6. The Balaban J connectivity index is 1.42. The number of ether oxygens (including phenoxy) is 2. The molecule has 1 fully saturated rings. The molecule has 1 saturated heterocycles. The molecule has 0 saturated carbocycles. The number of methoxy groups -OCH3 is 1. The van der Waals surface area contributed by atoms with Crippen LogP contribution in [-0.4, -0.2) is 60.4 Å². The lowest BCUT2D eigenvalue weighted by atomic mass is 10.0. The average Bonchev–Trinajstić information content (AvgIpc) is 2.83. The molecule has 1 aromatic heterocycles. The summed E-state index contributed by atoms with van der Waals surface area (Å²) in [6.45, 7) is 3.04. The molecule has 0 unspecified atom stereocenters. The van der Waals surface area contributed by atoms with Crippen molar-refractivity contribution in [3.63, 3.8) is 0 Å². The van der Waals surface area contributed by atoms with E-state index in [1.165, 1.54) is 0 Å². The lowest BCUT2D eigenvalue weighted by molar-refractivity contribution is 0.0903. The minimum Gasteiger partial charge on any atom is -0.385 e. The molecule has 10 heteroatoms. The predicted molar refractivity (Wildman–Crippen MR) is 128 cm³/mol. The number of halogens is 2. The number of aromatic nitrogens is 2. The van der Waals surface area contributed by atoms with E-state index >= 15 is 0 Å². The number of urea groups is 1. The minimum atomic E-state index is -0.246. The van der Waals surface area contributed by atoms with Crippen LogP contribution < -0.4 is 10.6 Å². The largest absolute Gasteiger partial charge is 0.385 e. The summed E-state index contributed by atoms with van der Waals surface area (Å²) >= 11 is 12.3. The smallest absolute Gasteiger partial charge is 0.318 e. The summed E-state index contributed by atoms with van der Waals surface area (Å²) in [5.74, 6) is 0.608. The highest BCUT2D eigenvalue weighted by molar-refractivity contribution is 6.42. The number of rotatable bonds is 7. The van der Waals surface area contributed by atoms with Crippen LogP contribution in [-0.2, 0) is 22.4 Å². The molecular weight excluding hydrogens is 465 g/mol. The van der Waals surface area contributed by atoms with Crippen LogP contribution in [0.2, 0.25) is 10.0 Å². The third-order valence-corrected chi connectivity index (χ3v) is 6.78. The maximum atomic E-state index is 13.2. The highest BCUT2D eigenvalue weighted by atomic mass is 35.5. The third-order valence-electron chi connectivity index (χ3n) is 6.04. The van der Waals surface area contributed by atoms with Gasteiger partial charge in [0, 0.05) is 45.7 Å². The quantitative estimate of drug-likeness (QED) is 0.600. The maximum Gasteiger partial charge on any atom is 0.318 e. The number of fused-ring (bicyclic) bond motifs is 1. The number of anilines is 1. The van der Waals surface area contributed by atoms with Gasteiger partial charge in [0.15, 0.2) is 0 Å². The SMILES string of the molecule is COCC[C@@H](NC(=O)N1CCc2cnc(NC3CCOCC3)nc2C1)c1ccc(Cl)c(Cl)c1. The number of carbonyl (C=O) groups excluding carboxylic acids is 1. The summed E-state index contributed by atoms with van der Waals surface area (Å²) in [5.41, 5.74) is 2.85. The van der Waals surface area contributed by atoms with Gasteiger partial charge in [0.1, 0.15) is 0 Å². The van der Waals surface area contributed by atoms with Gasteiger partial charge in [-0.1, -0.05) is 29.3 Å². The van der Waals surface area contributed by atoms with E-state index in [4.69, 9.17) is 37.7 Å². The van der Waals surface area contributed by atoms with E-state index in [1.54, 1.807) is 24.1 Å². The Morgan fingerprint density at radius 1 is 1.30 bits per heavy atom. The van der Waals surface area contributed by atoms with Crippen LogP contribution in [0.5, 0.6) is 0 Å². The van der Waals surface area contributed by atoms with Crippen molar-refractivity contribution in [1.29, 1.82) is 0 Å². The van der Waals surface area contributed by atoms with Gasteiger partial charge in [-0.3, -0.25) is 0 Å². The molecule has 4 rings (SSSR count). The van der Waals surface area contributed by atoms with Crippen molar-refractivity contribution in [2.24, 2.45) is 0 Å². The van der Waals surface area contributed by atoms with Gasteiger partial charge < -0.3 is 25.0 Å². The Hall–Kier alpha value is -2.13. The van der Waals surface area contributed by atoms with E-state index in [-0.39, 0.29) is 12.1 Å². The molecule has 2 aromatic rings. The zero-order valence-corrected chi connectivity index (χ0v) is 20.2. The average molecular weight is 494 g/mol. The van der Waals surface area contributed by atoms with Gasteiger partial charge >= 0.3 is 6.03 Å². The lowest BCUT2D eigenvalue weighted by Gasteiger charge is -2.31. The molecule has 0 spiro atoms. The van der Waals surface area contributed by atoms with Gasteiger partial charge in [-0.15, -0.1) is 0 Å². The van der Waals surface area contributed by atoms with E-state index in [2.05, 4.69) is 15.6 Å². The van der Waals surface area contributed by atoms with E-state index in [0.717, 1.165) is 49.3 Å². The zero-order chi connectivity index (χ0) is 23.2. The fraction of sp³-hybridized carbons (Fsp3) is 0.522. The second-order valence-electron chi connectivity index (χ2n) is 8.33. The Bertz CT molecular complexity index is 971. The number of benzene rings is 1. The van der Waals surface area contributed by atoms with Crippen LogP contribution in [0, 0.1) is 0 Å².